The maximum Gasteiger partial charge on any atom is 0.137 e. The van der Waals surface area contributed by atoms with Crippen LogP contribution in [-0.2, 0) is 5.41 Å². The fourth-order valence-corrected chi connectivity index (χ4v) is 8.76. The first-order valence-corrected chi connectivity index (χ1v) is 18.6. The summed E-state index contributed by atoms with van der Waals surface area (Å²) in [6.07, 6.45) is 0. The largest absolute Gasteiger partial charge is 0.456 e. The van der Waals surface area contributed by atoms with Gasteiger partial charge in [0.25, 0.3) is 0 Å². The van der Waals surface area contributed by atoms with Gasteiger partial charge < -0.3 is 13.7 Å². The summed E-state index contributed by atoms with van der Waals surface area (Å²) in [5.74, 6) is 0. The molecule has 0 fully saturated rings. The molecule has 0 N–H and O–H groups in total. The van der Waals surface area contributed by atoms with Crippen LogP contribution in [0, 0.1) is 0 Å². The second kappa shape index (κ2) is 11.6. The van der Waals surface area contributed by atoms with Crippen LogP contribution < -0.4 is 4.90 Å². The topological polar surface area (TPSA) is 29.5 Å². The zero-order valence-electron chi connectivity index (χ0n) is 30.0. The van der Waals surface area contributed by atoms with Crippen molar-refractivity contribution in [3.8, 4) is 33.4 Å². The Balaban J connectivity index is 1.19. The van der Waals surface area contributed by atoms with E-state index in [-0.39, 0.29) is 5.41 Å². The highest BCUT2D eigenvalue weighted by molar-refractivity contribution is 6.11. The van der Waals surface area contributed by atoms with E-state index in [2.05, 4.69) is 176 Å². The van der Waals surface area contributed by atoms with Gasteiger partial charge in [-0.2, -0.15) is 0 Å². The lowest BCUT2D eigenvalue weighted by Crippen LogP contribution is -2.17. The van der Waals surface area contributed by atoms with Crippen LogP contribution in [0.15, 0.2) is 185 Å². The van der Waals surface area contributed by atoms with Crippen molar-refractivity contribution in [2.24, 2.45) is 0 Å². The van der Waals surface area contributed by atoms with Gasteiger partial charge in [0.1, 0.15) is 22.3 Å². The summed E-state index contributed by atoms with van der Waals surface area (Å²) in [5, 5.41) is 4.40. The second-order valence-corrected chi connectivity index (χ2v) is 14.9. The van der Waals surface area contributed by atoms with E-state index in [1.54, 1.807) is 0 Å². The van der Waals surface area contributed by atoms with Gasteiger partial charge in [-0.15, -0.1) is 0 Å². The number of nitrogens with zero attached hydrogens (tertiary/aromatic N) is 1. The quantitative estimate of drug-likeness (QED) is 0.180. The van der Waals surface area contributed by atoms with Gasteiger partial charge in [-0.25, -0.2) is 0 Å². The molecule has 256 valence electrons. The average Bonchev–Trinajstić information content (AvgIpc) is 3.85. The number of furan rings is 2. The molecule has 54 heavy (non-hydrogen) atoms. The van der Waals surface area contributed by atoms with E-state index >= 15 is 0 Å². The number of rotatable bonds is 5. The van der Waals surface area contributed by atoms with Gasteiger partial charge in [0, 0.05) is 50.0 Å². The number of benzene rings is 8. The predicted molar refractivity (Wildman–Crippen MR) is 224 cm³/mol. The van der Waals surface area contributed by atoms with Crippen molar-refractivity contribution in [2.75, 3.05) is 4.90 Å². The van der Waals surface area contributed by atoms with Crippen molar-refractivity contribution >= 4 is 60.9 Å². The van der Waals surface area contributed by atoms with Crippen LogP contribution in [0.3, 0.4) is 0 Å². The first-order valence-electron chi connectivity index (χ1n) is 18.6. The van der Waals surface area contributed by atoms with E-state index in [0.717, 1.165) is 72.1 Å². The molecular formula is C51H35NO2. The van der Waals surface area contributed by atoms with Crippen LogP contribution >= 0.6 is 0 Å². The number of fused-ring (bicyclic) bond motifs is 9. The highest BCUT2D eigenvalue weighted by Gasteiger charge is 2.36. The Bertz CT molecular complexity index is 3070. The molecule has 11 rings (SSSR count). The zero-order chi connectivity index (χ0) is 36.0. The van der Waals surface area contributed by atoms with Gasteiger partial charge in [0.15, 0.2) is 0 Å². The first-order chi connectivity index (χ1) is 26.5. The van der Waals surface area contributed by atoms with E-state index in [1.165, 1.54) is 33.4 Å². The molecule has 0 atom stereocenters. The van der Waals surface area contributed by atoms with E-state index in [1.807, 2.05) is 18.2 Å². The van der Waals surface area contributed by atoms with Gasteiger partial charge in [0.05, 0.1) is 5.69 Å². The molecule has 0 aliphatic heterocycles. The molecule has 8 aromatic carbocycles. The Morgan fingerprint density at radius 2 is 0.944 bits per heavy atom. The molecule has 3 heteroatoms. The van der Waals surface area contributed by atoms with Gasteiger partial charge in [-0.05, 0) is 93.5 Å². The van der Waals surface area contributed by atoms with Gasteiger partial charge in [0.2, 0.25) is 0 Å². The van der Waals surface area contributed by atoms with Crippen molar-refractivity contribution < 1.29 is 8.83 Å². The Morgan fingerprint density at radius 3 is 1.72 bits per heavy atom. The Hall–Kier alpha value is -6.84. The fraction of sp³-hybridized carbons (Fsp3) is 0.0588. The monoisotopic (exact) mass is 693 g/mol. The molecule has 1 aliphatic carbocycles. The second-order valence-electron chi connectivity index (χ2n) is 14.9. The van der Waals surface area contributed by atoms with Crippen LogP contribution in [0.5, 0.6) is 0 Å². The molecule has 1 aliphatic rings. The Morgan fingerprint density at radius 1 is 0.370 bits per heavy atom. The summed E-state index contributed by atoms with van der Waals surface area (Å²) < 4.78 is 12.9. The van der Waals surface area contributed by atoms with Crippen LogP contribution in [0.1, 0.15) is 25.0 Å². The number of anilines is 3. The van der Waals surface area contributed by atoms with Gasteiger partial charge in [-0.3, -0.25) is 0 Å². The molecule has 0 amide bonds. The highest BCUT2D eigenvalue weighted by atomic mass is 16.3. The first kappa shape index (κ1) is 30.8. The molecule has 0 radical (unpaired) electrons. The summed E-state index contributed by atoms with van der Waals surface area (Å²) in [5.41, 5.74) is 16.4. The number of hydrogen-bond donors (Lipinski definition) is 0. The van der Waals surface area contributed by atoms with Crippen LogP contribution in [0.2, 0.25) is 0 Å². The van der Waals surface area contributed by atoms with Crippen molar-refractivity contribution in [1.82, 2.24) is 0 Å². The van der Waals surface area contributed by atoms with E-state index in [9.17, 15) is 0 Å². The molecule has 0 bridgehead atoms. The van der Waals surface area contributed by atoms with E-state index in [4.69, 9.17) is 8.83 Å². The predicted octanol–water partition coefficient (Wildman–Crippen LogP) is 14.6. The molecule has 3 nitrogen and oxygen atoms in total. The van der Waals surface area contributed by atoms with Crippen molar-refractivity contribution in [2.45, 2.75) is 19.3 Å². The molecule has 0 spiro atoms. The van der Waals surface area contributed by atoms with Crippen LogP contribution in [0.4, 0.5) is 17.1 Å². The minimum absolute atomic E-state index is 0.149. The molecule has 2 aromatic heterocycles. The summed E-state index contributed by atoms with van der Waals surface area (Å²) in [6.45, 7) is 4.69. The fourth-order valence-electron chi connectivity index (χ4n) is 8.76. The summed E-state index contributed by atoms with van der Waals surface area (Å²) in [6, 6.07) is 63.1. The number of para-hydroxylation sites is 2. The molecule has 2 heterocycles. The smallest absolute Gasteiger partial charge is 0.137 e. The molecule has 0 saturated carbocycles. The molecule has 10 aromatic rings. The zero-order valence-corrected chi connectivity index (χ0v) is 30.0. The third kappa shape index (κ3) is 4.61. The SMILES string of the molecule is CC1(C)c2ccccc2-c2ccc(N(c3ccc(-c4ccccc4)cc3)c3cc4oc5ccccc5c4cc3-c3ccc4oc5ccccc5c4c3)cc21. The lowest BCUT2D eigenvalue weighted by Gasteiger charge is -2.30. The summed E-state index contributed by atoms with van der Waals surface area (Å²) in [4.78, 5) is 2.41. The van der Waals surface area contributed by atoms with Gasteiger partial charge >= 0.3 is 0 Å². The van der Waals surface area contributed by atoms with Crippen LogP contribution in [-0.4, -0.2) is 0 Å². The van der Waals surface area contributed by atoms with Crippen molar-refractivity contribution in [3.63, 3.8) is 0 Å². The maximum atomic E-state index is 6.61. The number of hydrogen-bond acceptors (Lipinski definition) is 3. The lowest BCUT2D eigenvalue weighted by atomic mass is 9.82. The molecule has 0 unspecified atom stereocenters. The van der Waals surface area contributed by atoms with Crippen molar-refractivity contribution in [3.05, 3.63) is 187 Å². The average molecular weight is 694 g/mol. The molecular weight excluding hydrogens is 659 g/mol. The minimum Gasteiger partial charge on any atom is -0.456 e. The highest BCUT2D eigenvalue weighted by Crippen LogP contribution is 2.52. The Labute approximate surface area is 313 Å². The summed E-state index contributed by atoms with van der Waals surface area (Å²) in [7, 11) is 0. The van der Waals surface area contributed by atoms with E-state index < -0.39 is 0 Å². The lowest BCUT2D eigenvalue weighted by molar-refractivity contribution is 0.660. The van der Waals surface area contributed by atoms with E-state index in [0.29, 0.717) is 0 Å². The maximum absolute atomic E-state index is 6.61. The standard InChI is InChI=1S/C51H35NO2/c1-51(2)44-17-9-6-14-37(44)38-26-25-36(29-45(38)51)52(35-23-20-33(21-24-35)32-12-4-3-5-13-32)46-31-50-43(40-16-8-11-19-48(40)54-50)30-41(46)34-22-27-49-42(28-34)39-15-7-10-18-47(39)53-49/h3-31H,1-2H3. The molecule has 0 saturated heterocycles. The minimum atomic E-state index is -0.149. The third-order valence-electron chi connectivity index (χ3n) is 11.5. The summed E-state index contributed by atoms with van der Waals surface area (Å²) >= 11 is 0. The third-order valence-corrected chi connectivity index (χ3v) is 11.5. The van der Waals surface area contributed by atoms with Gasteiger partial charge in [-0.1, -0.05) is 129 Å². The normalized spacial score (nSPS) is 13.1. The van der Waals surface area contributed by atoms with Crippen LogP contribution in [0.25, 0.3) is 77.3 Å². The Kier molecular flexibility index (Phi) is 6.60. The van der Waals surface area contributed by atoms with Crippen molar-refractivity contribution in [1.29, 1.82) is 0 Å².